The van der Waals surface area contributed by atoms with Crippen LogP contribution in [0.1, 0.15) is 24.0 Å². The van der Waals surface area contributed by atoms with E-state index in [1.807, 2.05) is 0 Å². The number of likely N-dealkylation sites (tertiary alicyclic amines) is 1. The third kappa shape index (κ3) is 7.36. The molecule has 0 aliphatic carbocycles. The molecule has 0 radical (unpaired) electrons. The number of hydrogen-bond acceptors (Lipinski definition) is 4. The molecular formula is C17H28FIN4O2S. The maximum Gasteiger partial charge on any atom is 0.191 e. The van der Waals surface area contributed by atoms with Gasteiger partial charge in [-0.15, -0.1) is 24.0 Å². The Bertz CT molecular complexity index is 727. The number of benzene rings is 1. The van der Waals surface area contributed by atoms with Crippen LogP contribution < -0.4 is 10.6 Å². The monoisotopic (exact) mass is 498 g/mol. The van der Waals surface area contributed by atoms with Crippen molar-refractivity contribution in [2.24, 2.45) is 4.99 Å². The van der Waals surface area contributed by atoms with E-state index in [9.17, 15) is 12.8 Å². The van der Waals surface area contributed by atoms with Crippen molar-refractivity contribution in [1.29, 1.82) is 0 Å². The fourth-order valence-corrected chi connectivity index (χ4v) is 3.88. The Balaban J connectivity index is 0.00000338. The summed E-state index contributed by atoms with van der Waals surface area (Å²) < 4.78 is 36.7. The van der Waals surface area contributed by atoms with Crippen LogP contribution >= 0.6 is 24.0 Å². The molecule has 1 saturated heterocycles. The third-order valence-electron chi connectivity index (χ3n) is 4.43. The van der Waals surface area contributed by atoms with Crippen LogP contribution in [0.5, 0.6) is 0 Å². The fourth-order valence-electron chi connectivity index (χ4n) is 3.03. The number of nitrogens with one attached hydrogen (secondary N) is 2. The average Bonchev–Trinajstić information content (AvgIpc) is 2.94. The number of hydrogen-bond donors (Lipinski definition) is 2. The van der Waals surface area contributed by atoms with E-state index in [-0.39, 0.29) is 35.5 Å². The Morgan fingerprint density at radius 3 is 2.65 bits per heavy atom. The van der Waals surface area contributed by atoms with Crippen LogP contribution in [0.15, 0.2) is 23.2 Å². The van der Waals surface area contributed by atoms with Gasteiger partial charge in [-0.05, 0) is 49.7 Å². The van der Waals surface area contributed by atoms with Crippen molar-refractivity contribution < 1.29 is 12.8 Å². The number of sulfone groups is 1. The summed E-state index contributed by atoms with van der Waals surface area (Å²) in [5.41, 5.74) is 1.22. The van der Waals surface area contributed by atoms with Crippen LogP contribution in [0.25, 0.3) is 0 Å². The van der Waals surface area contributed by atoms with Gasteiger partial charge in [0.25, 0.3) is 0 Å². The lowest BCUT2D eigenvalue weighted by Gasteiger charge is -2.21. The molecule has 0 saturated carbocycles. The number of likely N-dealkylation sites (N-methyl/N-ethyl adjacent to an activating group) is 1. The standard InChI is InChI=1S/C17H27FN4O2S.HI/c1-19-17(21-11-16-5-4-8-22(16)2)20-10-14-9-15(18)7-6-13(14)12-25(3,23)24;/h6-7,9,16H,4-5,8,10-12H2,1-3H3,(H2,19,20,21);1H. The van der Waals surface area contributed by atoms with Gasteiger partial charge in [0.05, 0.1) is 5.75 Å². The minimum Gasteiger partial charge on any atom is -0.355 e. The Kier molecular flexibility index (Phi) is 9.25. The number of nitrogens with zero attached hydrogens (tertiary/aromatic N) is 2. The molecule has 26 heavy (non-hydrogen) atoms. The lowest BCUT2D eigenvalue weighted by Crippen LogP contribution is -2.43. The summed E-state index contributed by atoms with van der Waals surface area (Å²) >= 11 is 0. The van der Waals surface area contributed by atoms with Crippen molar-refractivity contribution >= 4 is 39.8 Å². The molecule has 1 aliphatic rings. The normalized spacial score (nSPS) is 18.5. The Hall–Kier alpha value is -0.940. The Morgan fingerprint density at radius 2 is 2.08 bits per heavy atom. The van der Waals surface area contributed by atoms with Gasteiger partial charge in [-0.3, -0.25) is 4.99 Å². The summed E-state index contributed by atoms with van der Waals surface area (Å²) in [6.45, 7) is 2.20. The van der Waals surface area contributed by atoms with Gasteiger partial charge in [-0.2, -0.15) is 0 Å². The first-order chi connectivity index (χ1) is 11.8. The Labute approximate surface area is 172 Å². The quantitative estimate of drug-likeness (QED) is 0.355. The molecule has 1 aromatic carbocycles. The molecule has 1 unspecified atom stereocenters. The van der Waals surface area contributed by atoms with Gasteiger partial charge < -0.3 is 15.5 Å². The molecule has 1 heterocycles. The maximum absolute atomic E-state index is 13.6. The smallest absolute Gasteiger partial charge is 0.191 e. The van der Waals surface area contributed by atoms with E-state index < -0.39 is 9.84 Å². The summed E-state index contributed by atoms with van der Waals surface area (Å²) in [6, 6.07) is 4.66. The second-order valence-corrected chi connectivity index (χ2v) is 8.71. The van der Waals surface area contributed by atoms with Crippen LogP contribution in [0.4, 0.5) is 4.39 Å². The van der Waals surface area contributed by atoms with Crippen molar-refractivity contribution in [2.45, 2.75) is 31.2 Å². The number of rotatable bonds is 6. The molecular weight excluding hydrogens is 470 g/mol. The molecule has 0 amide bonds. The van der Waals surface area contributed by atoms with Crippen LogP contribution in [-0.2, 0) is 22.1 Å². The maximum atomic E-state index is 13.6. The average molecular weight is 498 g/mol. The van der Waals surface area contributed by atoms with Crippen LogP contribution in [-0.4, -0.2) is 58.8 Å². The van der Waals surface area contributed by atoms with E-state index in [1.165, 1.54) is 30.9 Å². The predicted molar refractivity (Wildman–Crippen MR) is 114 cm³/mol. The predicted octanol–water partition coefficient (Wildman–Crippen LogP) is 1.75. The van der Waals surface area contributed by atoms with Gasteiger partial charge in [-0.1, -0.05) is 6.07 Å². The van der Waals surface area contributed by atoms with Gasteiger partial charge in [0, 0.05) is 32.4 Å². The largest absolute Gasteiger partial charge is 0.355 e. The molecule has 1 aromatic rings. The highest BCUT2D eigenvalue weighted by Crippen LogP contribution is 2.15. The first-order valence-corrected chi connectivity index (χ1v) is 10.4. The van der Waals surface area contributed by atoms with E-state index in [4.69, 9.17) is 0 Å². The summed E-state index contributed by atoms with van der Waals surface area (Å²) in [6.07, 6.45) is 3.53. The van der Waals surface area contributed by atoms with E-state index in [2.05, 4.69) is 27.6 Å². The van der Waals surface area contributed by atoms with E-state index in [1.54, 1.807) is 7.05 Å². The van der Waals surface area contributed by atoms with Crippen molar-refractivity contribution in [3.05, 3.63) is 35.1 Å². The zero-order valence-electron chi connectivity index (χ0n) is 15.5. The molecule has 0 aromatic heterocycles. The molecule has 0 spiro atoms. The molecule has 2 rings (SSSR count). The Morgan fingerprint density at radius 1 is 1.35 bits per heavy atom. The zero-order chi connectivity index (χ0) is 18.4. The van der Waals surface area contributed by atoms with Crippen LogP contribution in [0, 0.1) is 5.82 Å². The van der Waals surface area contributed by atoms with Crippen LogP contribution in [0.2, 0.25) is 0 Å². The SMILES string of the molecule is CN=C(NCc1cc(F)ccc1CS(C)(=O)=O)NCC1CCCN1C.I. The minimum absolute atomic E-state index is 0. The van der Waals surface area contributed by atoms with Crippen molar-refractivity contribution in [1.82, 2.24) is 15.5 Å². The summed E-state index contributed by atoms with van der Waals surface area (Å²) in [5, 5.41) is 6.42. The molecule has 9 heteroatoms. The summed E-state index contributed by atoms with van der Waals surface area (Å²) in [5.74, 6) is 0.128. The second kappa shape index (κ2) is 10.4. The molecule has 1 atom stereocenters. The molecule has 148 valence electrons. The second-order valence-electron chi connectivity index (χ2n) is 6.57. The molecule has 6 nitrogen and oxygen atoms in total. The lowest BCUT2D eigenvalue weighted by atomic mass is 10.1. The minimum atomic E-state index is -3.19. The van der Waals surface area contributed by atoms with E-state index in [0.29, 0.717) is 29.7 Å². The highest BCUT2D eigenvalue weighted by atomic mass is 127. The van der Waals surface area contributed by atoms with Gasteiger partial charge in [0.15, 0.2) is 15.8 Å². The number of guanidine groups is 1. The molecule has 0 bridgehead atoms. The fraction of sp³-hybridized carbons (Fsp3) is 0.588. The first kappa shape index (κ1) is 23.1. The van der Waals surface area contributed by atoms with Gasteiger partial charge in [-0.25, -0.2) is 12.8 Å². The first-order valence-electron chi connectivity index (χ1n) is 8.38. The lowest BCUT2D eigenvalue weighted by molar-refractivity contribution is 0.309. The van der Waals surface area contributed by atoms with Crippen molar-refractivity contribution in [3.63, 3.8) is 0 Å². The number of aliphatic imine (C=N–C) groups is 1. The van der Waals surface area contributed by atoms with E-state index >= 15 is 0 Å². The van der Waals surface area contributed by atoms with Crippen molar-refractivity contribution in [2.75, 3.05) is 33.4 Å². The van der Waals surface area contributed by atoms with Gasteiger partial charge in [0.1, 0.15) is 5.82 Å². The summed E-state index contributed by atoms with van der Waals surface area (Å²) in [7, 11) is 0.602. The highest BCUT2D eigenvalue weighted by molar-refractivity contribution is 14.0. The molecule has 1 aliphatic heterocycles. The van der Waals surface area contributed by atoms with E-state index in [0.717, 1.165) is 19.5 Å². The number of halogens is 2. The third-order valence-corrected chi connectivity index (χ3v) is 5.27. The summed E-state index contributed by atoms with van der Waals surface area (Å²) in [4.78, 5) is 6.50. The molecule has 1 fully saturated rings. The van der Waals surface area contributed by atoms with Gasteiger partial charge in [0.2, 0.25) is 0 Å². The highest BCUT2D eigenvalue weighted by Gasteiger charge is 2.20. The molecule has 2 N–H and O–H groups in total. The zero-order valence-corrected chi connectivity index (χ0v) is 18.6. The van der Waals surface area contributed by atoms with Gasteiger partial charge >= 0.3 is 0 Å². The van der Waals surface area contributed by atoms with Crippen LogP contribution in [0.3, 0.4) is 0 Å². The topological polar surface area (TPSA) is 73.8 Å². The van der Waals surface area contributed by atoms with Crippen molar-refractivity contribution in [3.8, 4) is 0 Å².